The first-order valence-corrected chi connectivity index (χ1v) is 8.51. The summed E-state index contributed by atoms with van der Waals surface area (Å²) in [5.41, 5.74) is 2.23. The number of hydrogen-bond donors (Lipinski definition) is 2. The number of benzene rings is 1. The highest BCUT2D eigenvalue weighted by Gasteiger charge is 2.07. The van der Waals surface area contributed by atoms with Gasteiger partial charge in [-0.3, -0.25) is 4.68 Å². The lowest BCUT2D eigenvalue weighted by Gasteiger charge is -2.13. The van der Waals surface area contributed by atoms with Crippen molar-refractivity contribution in [1.82, 2.24) is 35.2 Å². The fraction of sp³-hybridized carbons (Fsp3) is 0.333. The van der Waals surface area contributed by atoms with E-state index >= 15 is 0 Å². The Hall–Kier alpha value is -2.43. The molecule has 2 heterocycles. The van der Waals surface area contributed by atoms with Gasteiger partial charge in [-0.25, -0.2) is 4.99 Å². The molecule has 2 N–H and O–H groups in total. The number of halogens is 1. The van der Waals surface area contributed by atoms with E-state index in [2.05, 4.69) is 43.1 Å². The highest BCUT2D eigenvalue weighted by atomic mass is 127. The average molecular weight is 480 g/mol. The molecule has 0 aliphatic heterocycles. The molecule has 0 amide bonds. The van der Waals surface area contributed by atoms with Crippen LogP contribution >= 0.6 is 24.0 Å². The zero-order valence-electron chi connectivity index (χ0n) is 15.8. The van der Waals surface area contributed by atoms with Crippen LogP contribution in [0.15, 0.2) is 47.6 Å². The molecular weight excluding hydrogens is 455 g/mol. The van der Waals surface area contributed by atoms with Crippen molar-refractivity contribution in [3.63, 3.8) is 0 Å². The highest BCUT2D eigenvalue weighted by molar-refractivity contribution is 14.0. The smallest absolute Gasteiger partial charge is 0.192 e. The summed E-state index contributed by atoms with van der Waals surface area (Å²) < 4.78 is 3.80. The lowest BCUT2D eigenvalue weighted by molar-refractivity contribution is 0.674. The Labute approximate surface area is 176 Å². The third kappa shape index (κ3) is 5.78. The normalized spacial score (nSPS) is 11.1. The van der Waals surface area contributed by atoms with Crippen molar-refractivity contribution in [2.75, 3.05) is 0 Å². The summed E-state index contributed by atoms with van der Waals surface area (Å²) in [4.78, 5) is 4.68. The van der Waals surface area contributed by atoms with E-state index in [1.165, 1.54) is 0 Å². The highest BCUT2D eigenvalue weighted by Crippen LogP contribution is 2.01. The van der Waals surface area contributed by atoms with Gasteiger partial charge in [-0.2, -0.15) is 5.10 Å². The van der Waals surface area contributed by atoms with Crippen LogP contribution in [0.5, 0.6) is 0 Å². The molecule has 0 spiro atoms. The fourth-order valence-electron chi connectivity index (χ4n) is 2.44. The minimum atomic E-state index is 0. The minimum Gasteiger partial charge on any atom is -0.351 e. The second-order valence-corrected chi connectivity index (χ2v) is 6.03. The van der Waals surface area contributed by atoms with Gasteiger partial charge in [0.2, 0.25) is 0 Å². The van der Waals surface area contributed by atoms with Gasteiger partial charge in [0.15, 0.2) is 11.8 Å². The van der Waals surface area contributed by atoms with Crippen LogP contribution in [0.25, 0.3) is 0 Å². The third-order valence-electron chi connectivity index (χ3n) is 4.22. The molecule has 3 rings (SSSR count). The minimum absolute atomic E-state index is 0. The Kier molecular flexibility index (Phi) is 7.77. The molecule has 9 heteroatoms. The Balaban J connectivity index is 0.00000261. The number of hydrogen-bond acceptors (Lipinski definition) is 4. The lowest BCUT2D eigenvalue weighted by Crippen LogP contribution is -2.37. The molecule has 0 atom stereocenters. The van der Waals surface area contributed by atoms with Gasteiger partial charge in [0, 0.05) is 20.3 Å². The fourth-order valence-corrected chi connectivity index (χ4v) is 2.44. The van der Waals surface area contributed by atoms with E-state index in [0.717, 1.165) is 28.9 Å². The predicted molar refractivity (Wildman–Crippen MR) is 116 cm³/mol. The van der Waals surface area contributed by atoms with Gasteiger partial charge in [-0.05, 0) is 18.6 Å². The first-order valence-electron chi connectivity index (χ1n) is 8.51. The maximum atomic E-state index is 4.68. The molecule has 27 heavy (non-hydrogen) atoms. The van der Waals surface area contributed by atoms with E-state index in [1.54, 1.807) is 6.20 Å². The lowest BCUT2D eigenvalue weighted by atomic mass is 10.2. The van der Waals surface area contributed by atoms with Crippen molar-refractivity contribution in [3.05, 3.63) is 65.5 Å². The van der Waals surface area contributed by atoms with Crippen LogP contribution in [0.1, 0.15) is 22.9 Å². The van der Waals surface area contributed by atoms with Crippen LogP contribution in [-0.4, -0.2) is 30.5 Å². The van der Waals surface area contributed by atoms with Gasteiger partial charge in [0.25, 0.3) is 0 Å². The van der Waals surface area contributed by atoms with Crippen LogP contribution in [0, 0.1) is 6.92 Å². The first-order chi connectivity index (χ1) is 12.6. The van der Waals surface area contributed by atoms with Gasteiger partial charge in [0.1, 0.15) is 5.82 Å². The standard InChI is InChI=1S/C18H24N8.HI/c1-14-23-24-17(25(14)2)13-21-18(19-11-15-7-5-4-6-8-15)20-12-16-9-10-22-26(16)3;/h4-10H,11-13H2,1-3H3,(H2,19,20,21);1H. The van der Waals surface area contributed by atoms with Crippen LogP contribution in [-0.2, 0) is 33.7 Å². The number of aromatic nitrogens is 5. The number of nitrogens with one attached hydrogen (secondary N) is 2. The number of aliphatic imine (C=N–C) groups is 1. The zero-order chi connectivity index (χ0) is 18.4. The molecule has 2 aromatic heterocycles. The average Bonchev–Trinajstić information content (AvgIpc) is 3.21. The van der Waals surface area contributed by atoms with Crippen LogP contribution < -0.4 is 10.6 Å². The molecule has 3 aromatic rings. The molecule has 0 saturated heterocycles. The third-order valence-corrected chi connectivity index (χ3v) is 4.22. The molecule has 0 bridgehead atoms. The monoisotopic (exact) mass is 480 g/mol. The number of aryl methyl sites for hydroxylation is 2. The number of rotatable bonds is 6. The van der Waals surface area contributed by atoms with Crippen LogP contribution in [0.2, 0.25) is 0 Å². The zero-order valence-corrected chi connectivity index (χ0v) is 18.1. The molecule has 0 radical (unpaired) electrons. The van der Waals surface area contributed by atoms with Gasteiger partial charge < -0.3 is 15.2 Å². The van der Waals surface area contributed by atoms with E-state index in [0.29, 0.717) is 19.6 Å². The van der Waals surface area contributed by atoms with Gasteiger partial charge in [-0.1, -0.05) is 30.3 Å². The van der Waals surface area contributed by atoms with Crippen molar-refractivity contribution in [1.29, 1.82) is 0 Å². The molecule has 144 valence electrons. The quantitative estimate of drug-likeness (QED) is 0.320. The van der Waals surface area contributed by atoms with E-state index < -0.39 is 0 Å². The topological polar surface area (TPSA) is 85.0 Å². The summed E-state index contributed by atoms with van der Waals surface area (Å²) >= 11 is 0. The van der Waals surface area contributed by atoms with E-state index in [9.17, 15) is 0 Å². The molecule has 0 unspecified atom stereocenters. The van der Waals surface area contributed by atoms with Crippen molar-refractivity contribution in [2.45, 2.75) is 26.6 Å². The summed E-state index contributed by atoms with van der Waals surface area (Å²) in [5, 5.41) is 19.1. The van der Waals surface area contributed by atoms with Crippen LogP contribution in [0.3, 0.4) is 0 Å². The largest absolute Gasteiger partial charge is 0.351 e. The van der Waals surface area contributed by atoms with Crippen molar-refractivity contribution >= 4 is 29.9 Å². The molecule has 0 aliphatic carbocycles. The van der Waals surface area contributed by atoms with Crippen molar-refractivity contribution in [3.8, 4) is 0 Å². The van der Waals surface area contributed by atoms with Crippen molar-refractivity contribution in [2.24, 2.45) is 19.1 Å². The SMILES string of the molecule is Cc1nnc(CNC(=NCc2ccccc2)NCc2ccnn2C)n1C.I. The number of nitrogens with zero attached hydrogens (tertiary/aromatic N) is 6. The maximum absolute atomic E-state index is 4.68. The van der Waals surface area contributed by atoms with E-state index in [-0.39, 0.29) is 24.0 Å². The van der Waals surface area contributed by atoms with Crippen molar-refractivity contribution < 1.29 is 0 Å². The Morgan fingerprint density at radius 1 is 1.04 bits per heavy atom. The number of guanidine groups is 1. The first kappa shape index (κ1) is 20.9. The molecule has 0 saturated carbocycles. The summed E-state index contributed by atoms with van der Waals surface area (Å²) in [7, 11) is 3.88. The summed E-state index contributed by atoms with van der Waals surface area (Å²) in [6.45, 7) is 3.71. The van der Waals surface area contributed by atoms with Crippen LogP contribution in [0.4, 0.5) is 0 Å². The Morgan fingerprint density at radius 3 is 2.41 bits per heavy atom. The molecule has 0 fully saturated rings. The predicted octanol–water partition coefficient (Wildman–Crippen LogP) is 1.91. The van der Waals surface area contributed by atoms with E-state index in [1.807, 2.05) is 54.5 Å². The van der Waals surface area contributed by atoms with Gasteiger partial charge >= 0.3 is 0 Å². The second kappa shape index (κ2) is 10.0. The Morgan fingerprint density at radius 2 is 1.78 bits per heavy atom. The summed E-state index contributed by atoms with van der Waals surface area (Å²) in [6, 6.07) is 12.1. The Bertz CT molecular complexity index is 869. The second-order valence-electron chi connectivity index (χ2n) is 6.03. The summed E-state index contributed by atoms with van der Waals surface area (Å²) in [6.07, 6.45) is 1.79. The molecule has 1 aromatic carbocycles. The molecule has 8 nitrogen and oxygen atoms in total. The summed E-state index contributed by atoms with van der Waals surface area (Å²) in [5.74, 6) is 2.46. The van der Waals surface area contributed by atoms with Gasteiger partial charge in [-0.15, -0.1) is 34.2 Å². The maximum Gasteiger partial charge on any atom is 0.192 e. The van der Waals surface area contributed by atoms with Gasteiger partial charge in [0.05, 0.1) is 25.3 Å². The molecule has 0 aliphatic rings. The van der Waals surface area contributed by atoms with E-state index in [4.69, 9.17) is 0 Å². The molecular formula is C18H25IN8.